The van der Waals surface area contributed by atoms with Crippen LogP contribution < -0.4 is 11.0 Å². The van der Waals surface area contributed by atoms with Gasteiger partial charge in [0.1, 0.15) is 7.85 Å². The van der Waals surface area contributed by atoms with Gasteiger partial charge < -0.3 is 0 Å². The highest BCUT2D eigenvalue weighted by Crippen LogP contribution is 2.15. The highest BCUT2D eigenvalue weighted by molar-refractivity contribution is 6.32. The Morgan fingerprint density at radius 3 is 2.45 bits per heavy atom. The molecule has 0 saturated heterocycles. The zero-order valence-electron chi connectivity index (χ0n) is 10.7. The summed E-state index contributed by atoms with van der Waals surface area (Å²) in [6.07, 6.45) is 3.47. The molecule has 0 aliphatic carbocycles. The molecule has 2 heterocycles. The van der Waals surface area contributed by atoms with Gasteiger partial charge in [0, 0.05) is 23.6 Å². The van der Waals surface area contributed by atoms with Crippen molar-refractivity contribution in [3.8, 4) is 16.9 Å². The summed E-state index contributed by atoms with van der Waals surface area (Å²) in [5.41, 5.74) is 2.35. The Labute approximate surface area is 118 Å². The van der Waals surface area contributed by atoms with E-state index >= 15 is 0 Å². The molecule has 1 aromatic carbocycles. The summed E-state index contributed by atoms with van der Waals surface area (Å²) >= 11 is 0. The largest absolute Gasteiger partial charge is 0.284 e. The Morgan fingerprint density at radius 2 is 1.75 bits per heavy atom. The van der Waals surface area contributed by atoms with Crippen LogP contribution in [0.2, 0.25) is 0 Å². The molecule has 0 saturated carbocycles. The van der Waals surface area contributed by atoms with Crippen molar-refractivity contribution in [1.29, 1.82) is 0 Å². The van der Waals surface area contributed by atoms with Gasteiger partial charge in [-0.15, -0.1) is 0 Å². The van der Waals surface area contributed by atoms with Crippen LogP contribution in [-0.2, 0) is 0 Å². The fraction of sp³-hybridized carbons (Fsp3) is 0. The van der Waals surface area contributed by atoms with Crippen molar-refractivity contribution in [2.45, 2.75) is 0 Å². The molecule has 3 aromatic rings. The lowest BCUT2D eigenvalue weighted by atomic mass is 9.95. The molecule has 0 fully saturated rings. The lowest BCUT2D eigenvalue weighted by Crippen LogP contribution is -2.33. The standard InChI is InChI=1S/C16H11BN2O/c17-14-10-12(15-8-4-5-9-18-15)11-19(16(14)20)13-6-2-1-3-7-13/h1-11H. The predicted octanol–water partition coefficient (Wildman–Crippen LogP) is 1.69. The van der Waals surface area contributed by atoms with Gasteiger partial charge >= 0.3 is 0 Å². The number of aromatic nitrogens is 2. The topological polar surface area (TPSA) is 34.9 Å². The summed E-state index contributed by atoms with van der Waals surface area (Å²) in [4.78, 5) is 16.5. The number of hydrogen-bond donors (Lipinski definition) is 0. The minimum atomic E-state index is -0.226. The number of nitrogens with zero attached hydrogens (tertiary/aromatic N) is 2. The smallest absolute Gasteiger partial charge is 0.247 e. The summed E-state index contributed by atoms with van der Waals surface area (Å²) < 4.78 is 1.54. The number of rotatable bonds is 2. The Bertz CT molecular complexity index is 783. The van der Waals surface area contributed by atoms with E-state index in [0.717, 1.165) is 16.9 Å². The van der Waals surface area contributed by atoms with Crippen LogP contribution in [-0.4, -0.2) is 17.4 Å². The van der Waals surface area contributed by atoms with Crippen LogP contribution in [0.1, 0.15) is 0 Å². The first-order chi connectivity index (χ1) is 9.75. The molecule has 0 aliphatic rings. The van der Waals surface area contributed by atoms with Crippen molar-refractivity contribution < 1.29 is 0 Å². The van der Waals surface area contributed by atoms with E-state index in [9.17, 15) is 4.79 Å². The van der Waals surface area contributed by atoms with Crippen LogP contribution in [0.25, 0.3) is 16.9 Å². The van der Waals surface area contributed by atoms with E-state index in [1.807, 2.05) is 48.5 Å². The zero-order chi connectivity index (χ0) is 13.9. The van der Waals surface area contributed by atoms with E-state index in [2.05, 4.69) is 4.98 Å². The van der Waals surface area contributed by atoms with Gasteiger partial charge in [-0.2, -0.15) is 0 Å². The molecular formula is C16H11BN2O. The molecule has 94 valence electrons. The van der Waals surface area contributed by atoms with E-state index in [-0.39, 0.29) is 11.0 Å². The van der Waals surface area contributed by atoms with Crippen LogP contribution in [0.3, 0.4) is 0 Å². The van der Waals surface area contributed by atoms with Crippen LogP contribution in [0.15, 0.2) is 71.8 Å². The van der Waals surface area contributed by atoms with Gasteiger partial charge in [0.15, 0.2) is 0 Å². The van der Waals surface area contributed by atoms with Gasteiger partial charge in [-0.1, -0.05) is 30.3 Å². The SMILES string of the molecule is [B]c1cc(-c2ccccn2)cn(-c2ccccc2)c1=O. The van der Waals surface area contributed by atoms with E-state index in [1.165, 1.54) is 0 Å². The molecule has 3 rings (SSSR count). The summed E-state index contributed by atoms with van der Waals surface area (Å²) in [5, 5.41) is 0. The van der Waals surface area contributed by atoms with Crippen LogP contribution in [0, 0.1) is 0 Å². The molecule has 0 atom stereocenters. The first kappa shape index (κ1) is 12.4. The van der Waals surface area contributed by atoms with E-state index in [4.69, 9.17) is 7.85 Å². The van der Waals surface area contributed by atoms with E-state index < -0.39 is 0 Å². The van der Waals surface area contributed by atoms with Crippen LogP contribution >= 0.6 is 0 Å². The van der Waals surface area contributed by atoms with Gasteiger partial charge in [-0.25, -0.2) is 0 Å². The van der Waals surface area contributed by atoms with Crippen LogP contribution in [0.5, 0.6) is 0 Å². The van der Waals surface area contributed by atoms with Gasteiger partial charge in [0.2, 0.25) is 5.56 Å². The van der Waals surface area contributed by atoms with Crippen molar-refractivity contribution in [2.75, 3.05) is 0 Å². The maximum absolute atomic E-state index is 12.2. The third-order valence-corrected chi connectivity index (χ3v) is 3.04. The second kappa shape index (κ2) is 5.17. The van der Waals surface area contributed by atoms with Gasteiger partial charge in [0.25, 0.3) is 0 Å². The lowest BCUT2D eigenvalue weighted by Gasteiger charge is -2.10. The third-order valence-electron chi connectivity index (χ3n) is 3.04. The molecule has 20 heavy (non-hydrogen) atoms. The van der Waals surface area contributed by atoms with Gasteiger partial charge in [-0.3, -0.25) is 14.3 Å². The molecule has 2 radical (unpaired) electrons. The Kier molecular flexibility index (Phi) is 3.21. The number of para-hydroxylation sites is 1. The van der Waals surface area contributed by atoms with Crippen molar-refractivity contribution in [2.24, 2.45) is 0 Å². The third kappa shape index (κ3) is 2.28. The average molecular weight is 258 g/mol. The second-order valence-electron chi connectivity index (χ2n) is 4.41. The molecule has 4 heteroatoms. The summed E-state index contributed by atoms with van der Waals surface area (Å²) in [6.45, 7) is 0. The minimum Gasteiger partial charge on any atom is -0.284 e. The van der Waals surface area contributed by atoms with Crippen molar-refractivity contribution in [1.82, 2.24) is 9.55 Å². The van der Waals surface area contributed by atoms with E-state index in [1.54, 1.807) is 23.0 Å². The highest BCUT2D eigenvalue weighted by atomic mass is 16.1. The fourth-order valence-electron chi connectivity index (χ4n) is 2.06. The number of hydrogen-bond acceptors (Lipinski definition) is 2. The molecule has 0 unspecified atom stereocenters. The minimum absolute atomic E-state index is 0.206. The molecule has 0 spiro atoms. The summed E-state index contributed by atoms with van der Waals surface area (Å²) in [7, 11) is 5.84. The van der Waals surface area contributed by atoms with Crippen LogP contribution in [0.4, 0.5) is 0 Å². The lowest BCUT2D eigenvalue weighted by molar-refractivity contribution is 1.00. The van der Waals surface area contributed by atoms with Crippen molar-refractivity contribution in [3.05, 3.63) is 77.3 Å². The van der Waals surface area contributed by atoms with Gasteiger partial charge in [-0.05, 0) is 29.7 Å². The summed E-state index contributed by atoms with van der Waals surface area (Å²) in [5.74, 6) is 0. The highest BCUT2D eigenvalue weighted by Gasteiger charge is 2.06. The Morgan fingerprint density at radius 1 is 1.00 bits per heavy atom. The normalized spacial score (nSPS) is 10.4. The number of benzene rings is 1. The molecule has 3 nitrogen and oxygen atoms in total. The molecule has 0 N–H and O–H groups in total. The Balaban J connectivity index is 2.22. The quantitative estimate of drug-likeness (QED) is 0.655. The molecular weight excluding hydrogens is 247 g/mol. The first-order valence-electron chi connectivity index (χ1n) is 6.25. The van der Waals surface area contributed by atoms with Gasteiger partial charge in [0.05, 0.1) is 5.69 Å². The molecule has 0 amide bonds. The zero-order valence-corrected chi connectivity index (χ0v) is 10.7. The maximum Gasteiger partial charge on any atom is 0.247 e. The monoisotopic (exact) mass is 258 g/mol. The second-order valence-corrected chi connectivity index (χ2v) is 4.41. The first-order valence-corrected chi connectivity index (χ1v) is 6.25. The number of pyridine rings is 2. The average Bonchev–Trinajstić information content (AvgIpc) is 2.51. The maximum atomic E-state index is 12.2. The summed E-state index contributed by atoms with van der Waals surface area (Å²) in [6, 6.07) is 16.7. The molecule has 2 aromatic heterocycles. The van der Waals surface area contributed by atoms with E-state index in [0.29, 0.717) is 0 Å². The Hall–Kier alpha value is -2.62. The van der Waals surface area contributed by atoms with Crippen molar-refractivity contribution >= 4 is 13.3 Å². The van der Waals surface area contributed by atoms with Crippen molar-refractivity contribution in [3.63, 3.8) is 0 Å². The molecule has 0 bridgehead atoms. The molecule has 0 aliphatic heterocycles. The fourth-order valence-corrected chi connectivity index (χ4v) is 2.06. The predicted molar refractivity (Wildman–Crippen MR) is 80.7 cm³/mol.